The van der Waals surface area contributed by atoms with E-state index in [1.807, 2.05) is 12.1 Å². The molecule has 112 valence electrons. The molecule has 1 fully saturated rings. The summed E-state index contributed by atoms with van der Waals surface area (Å²) in [6, 6.07) is 7.22. The minimum Gasteiger partial charge on any atom is -0.310 e. The first-order valence-corrected chi connectivity index (χ1v) is 7.78. The normalized spacial score (nSPS) is 24.2. The first-order chi connectivity index (χ1) is 9.58. The Morgan fingerprint density at radius 3 is 2.75 bits per heavy atom. The summed E-state index contributed by atoms with van der Waals surface area (Å²) in [6.07, 6.45) is 4.87. The molecule has 0 aromatic heterocycles. The molecule has 1 N–H and O–H groups in total. The molecule has 1 aliphatic rings. The first-order valence-electron chi connectivity index (χ1n) is 7.78. The van der Waals surface area contributed by atoms with E-state index < -0.39 is 0 Å². The highest BCUT2D eigenvalue weighted by molar-refractivity contribution is 5.20. The van der Waals surface area contributed by atoms with E-state index in [-0.39, 0.29) is 17.4 Å². The van der Waals surface area contributed by atoms with Crippen molar-refractivity contribution in [3.8, 4) is 0 Å². The first kappa shape index (κ1) is 15.5. The van der Waals surface area contributed by atoms with Gasteiger partial charge < -0.3 is 5.32 Å². The van der Waals surface area contributed by atoms with E-state index >= 15 is 0 Å². The van der Waals surface area contributed by atoms with Gasteiger partial charge in [0.05, 0.1) is 0 Å². The molecule has 0 saturated carbocycles. The van der Waals surface area contributed by atoms with Crippen LogP contribution in [0.1, 0.15) is 51.1 Å². The maximum Gasteiger partial charge on any atom is 0.127 e. The molecule has 1 aliphatic heterocycles. The molecule has 0 spiro atoms. The monoisotopic (exact) mass is 278 g/mol. The van der Waals surface area contributed by atoms with Crippen LogP contribution in [0.5, 0.6) is 0 Å². The molecule has 2 atom stereocenters. The second-order valence-corrected chi connectivity index (χ2v) is 6.17. The molecule has 0 aliphatic carbocycles. The number of benzene rings is 1. The molecule has 1 aromatic rings. The van der Waals surface area contributed by atoms with Gasteiger partial charge in [0.15, 0.2) is 0 Å². The van der Waals surface area contributed by atoms with Gasteiger partial charge in [0.2, 0.25) is 0 Å². The highest BCUT2D eigenvalue weighted by Crippen LogP contribution is 2.29. The maximum atomic E-state index is 13.9. The van der Waals surface area contributed by atoms with Crippen molar-refractivity contribution in [2.45, 2.75) is 51.1 Å². The van der Waals surface area contributed by atoms with Crippen LogP contribution in [0.25, 0.3) is 0 Å². The number of nitrogens with one attached hydrogen (secondary N) is 1. The Kier molecular flexibility index (Phi) is 5.17. The van der Waals surface area contributed by atoms with Gasteiger partial charge in [-0.3, -0.25) is 4.90 Å². The number of halogens is 1. The van der Waals surface area contributed by atoms with Crippen molar-refractivity contribution < 1.29 is 4.39 Å². The molecule has 2 nitrogen and oxygen atoms in total. The largest absolute Gasteiger partial charge is 0.310 e. The van der Waals surface area contributed by atoms with E-state index in [1.54, 1.807) is 12.1 Å². The van der Waals surface area contributed by atoms with Crippen LogP contribution in [0, 0.1) is 5.82 Å². The fourth-order valence-corrected chi connectivity index (χ4v) is 3.44. The van der Waals surface area contributed by atoms with Crippen molar-refractivity contribution in [1.82, 2.24) is 10.2 Å². The van der Waals surface area contributed by atoms with Gasteiger partial charge in [0.1, 0.15) is 5.82 Å². The maximum absolute atomic E-state index is 13.9. The lowest BCUT2D eigenvalue weighted by Crippen LogP contribution is -2.49. The number of hydrogen-bond acceptors (Lipinski definition) is 2. The van der Waals surface area contributed by atoms with Crippen LogP contribution < -0.4 is 5.32 Å². The third kappa shape index (κ3) is 3.39. The van der Waals surface area contributed by atoms with Crippen LogP contribution in [0.15, 0.2) is 24.3 Å². The summed E-state index contributed by atoms with van der Waals surface area (Å²) in [4.78, 5) is 2.28. The van der Waals surface area contributed by atoms with Gasteiger partial charge in [-0.1, -0.05) is 31.5 Å². The van der Waals surface area contributed by atoms with E-state index in [9.17, 15) is 4.39 Å². The lowest BCUT2D eigenvalue weighted by atomic mass is 9.90. The summed E-state index contributed by atoms with van der Waals surface area (Å²) in [7, 11) is 2.11. The third-order valence-corrected chi connectivity index (χ3v) is 4.63. The average Bonchev–Trinajstić information content (AvgIpc) is 2.87. The number of nitrogens with zero attached hydrogens (tertiary/aromatic N) is 1. The summed E-state index contributed by atoms with van der Waals surface area (Å²) >= 11 is 0. The minimum atomic E-state index is -0.101. The Hall–Kier alpha value is -0.930. The molecule has 0 bridgehead atoms. The van der Waals surface area contributed by atoms with Crippen molar-refractivity contribution in [2.24, 2.45) is 0 Å². The van der Waals surface area contributed by atoms with E-state index in [0.29, 0.717) is 0 Å². The summed E-state index contributed by atoms with van der Waals surface area (Å²) in [5.74, 6) is -0.101. The lowest BCUT2D eigenvalue weighted by molar-refractivity contribution is 0.172. The van der Waals surface area contributed by atoms with E-state index in [4.69, 9.17) is 0 Å². The smallest absolute Gasteiger partial charge is 0.127 e. The molecule has 2 unspecified atom stereocenters. The number of likely N-dealkylation sites (N-methyl/N-ethyl adjacent to an activating group) is 1. The molecule has 2 rings (SSSR count). The summed E-state index contributed by atoms with van der Waals surface area (Å²) < 4.78 is 13.9. The number of rotatable bonds is 6. The molecule has 1 saturated heterocycles. The van der Waals surface area contributed by atoms with Crippen molar-refractivity contribution >= 4 is 0 Å². The Labute approximate surface area is 122 Å². The molecule has 20 heavy (non-hydrogen) atoms. The average molecular weight is 278 g/mol. The van der Waals surface area contributed by atoms with Crippen LogP contribution in [-0.2, 0) is 0 Å². The molecule has 1 heterocycles. The van der Waals surface area contributed by atoms with Gasteiger partial charge in [-0.2, -0.15) is 0 Å². The van der Waals surface area contributed by atoms with Crippen molar-refractivity contribution in [1.29, 1.82) is 0 Å². The quantitative estimate of drug-likeness (QED) is 0.852. The van der Waals surface area contributed by atoms with Gasteiger partial charge in [-0.25, -0.2) is 4.39 Å². The molecule has 3 heteroatoms. The topological polar surface area (TPSA) is 15.3 Å². The second-order valence-electron chi connectivity index (χ2n) is 6.17. The summed E-state index contributed by atoms with van der Waals surface area (Å²) in [5, 5.41) is 3.69. The van der Waals surface area contributed by atoms with Crippen molar-refractivity contribution in [3.05, 3.63) is 35.6 Å². The standard InChI is InChI=1S/C17H27FN2/c1-4-10-17(11-7-12-19-17)13-20(3)14(2)15-8-5-6-9-16(15)18/h5-6,8-9,14,19H,4,7,10-13H2,1-3H3. The number of hydrogen-bond donors (Lipinski definition) is 1. The fraction of sp³-hybridized carbons (Fsp3) is 0.647. The minimum absolute atomic E-state index is 0.101. The lowest BCUT2D eigenvalue weighted by Gasteiger charge is -2.37. The Balaban J connectivity index is 2.07. The van der Waals surface area contributed by atoms with E-state index in [2.05, 4.69) is 31.1 Å². The predicted octanol–water partition coefficient (Wildman–Crippen LogP) is 3.74. The molecule has 0 radical (unpaired) electrons. The third-order valence-electron chi connectivity index (χ3n) is 4.63. The van der Waals surface area contributed by atoms with Crippen LogP contribution in [0.4, 0.5) is 4.39 Å². The highest BCUT2D eigenvalue weighted by atomic mass is 19.1. The van der Waals surface area contributed by atoms with E-state index in [1.165, 1.54) is 25.7 Å². The van der Waals surface area contributed by atoms with Gasteiger partial charge >= 0.3 is 0 Å². The Morgan fingerprint density at radius 1 is 1.40 bits per heavy atom. The van der Waals surface area contributed by atoms with Gasteiger partial charge in [-0.05, 0) is 45.8 Å². The molecule has 0 amide bonds. The van der Waals surface area contributed by atoms with Crippen LogP contribution in [-0.4, -0.2) is 30.6 Å². The van der Waals surface area contributed by atoms with Gasteiger partial charge in [0, 0.05) is 23.7 Å². The fourth-order valence-electron chi connectivity index (χ4n) is 3.44. The predicted molar refractivity (Wildman–Crippen MR) is 82.3 cm³/mol. The molecular formula is C17H27FN2. The highest BCUT2D eigenvalue weighted by Gasteiger charge is 2.34. The van der Waals surface area contributed by atoms with Crippen molar-refractivity contribution in [3.63, 3.8) is 0 Å². The molecule has 1 aromatic carbocycles. The SMILES string of the molecule is CCCC1(CN(C)C(C)c2ccccc2F)CCCN1. The van der Waals surface area contributed by atoms with Crippen molar-refractivity contribution in [2.75, 3.05) is 20.1 Å². The zero-order valence-corrected chi connectivity index (χ0v) is 13.0. The van der Waals surface area contributed by atoms with E-state index in [0.717, 1.165) is 18.7 Å². The Morgan fingerprint density at radius 2 is 2.15 bits per heavy atom. The zero-order chi connectivity index (χ0) is 14.6. The Bertz CT molecular complexity index is 427. The van der Waals surface area contributed by atoms with Gasteiger partial charge in [0.25, 0.3) is 0 Å². The second kappa shape index (κ2) is 6.68. The molecular weight excluding hydrogens is 251 g/mol. The van der Waals surface area contributed by atoms with Gasteiger partial charge in [-0.15, -0.1) is 0 Å². The summed E-state index contributed by atoms with van der Waals surface area (Å²) in [6.45, 7) is 6.42. The van der Waals surface area contributed by atoms with Crippen LogP contribution in [0.3, 0.4) is 0 Å². The van der Waals surface area contributed by atoms with Crippen LogP contribution >= 0.6 is 0 Å². The summed E-state index contributed by atoms with van der Waals surface area (Å²) in [5.41, 5.74) is 1.02. The zero-order valence-electron chi connectivity index (χ0n) is 13.0. The van der Waals surface area contributed by atoms with Crippen LogP contribution in [0.2, 0.25) is 0 Å².